The molecule has 7 heteroatoms. The van der Waals surface area contributed by atoms with Gasteiger partial charge in [-0.2, -0.15) is 0 Å². The van der Waals surface area contributed by atoms with Gasteiger partial charge in [0.15, 0.2) is 0 Å². The highest BCUT2D eigenvalue weighted by Crippen LogP contribution is 2.24. The van der Waals surface area contributed by atoms with E-state index in [0.717, 1.165) is 42.9 Å². The van der Waals surface area contributed by atoms with Gasteiger partial charge in [0.25, 0.3) is 0 Å². The zero-order valence-corrected chi connectivity index (χ0v) is 13.8. The number of amides is 1. The number of hydrogen-bond donors (Lipinski definition) is 0. The Morgan fingerprint density at radius 3 is 3.09 bits per heavy atom. The van der Waals surface area contributed by atoms with Crippen LogP contribution in [0.1, 0.15) is 24.1 Å². The molecule has 0 saturated carbocycles. The van der Waals surface area contributed by atoms with Gasteiger partial charge in [-0.1, -0.05) is 0 Å². The molecule has 0 unspecified atom stereocenters. The molecule has 23 heavy (non-hydrogen) atoms. The van der Waals surface area contributed by atoms with Gasteiger partial charge in [0, 0.05) is 32.8 Å². The number of carbonyl (C=O) groups is 1. The van der Waals surface area contributed by atoms with Crippen LogP contribution < -0.4 is 4.90 Å². The molecule has 1 fully saturated rings. The SMILES string of the molecule is CN(C)c1ncnc2c1CCN(C(=O)COC[C@H]1CCCO1)C2. The van der Waals surface area contributed by atoms with Gasteiger partial charge in [0.2, 0.25) is 5.91 Å². The number of hydrogen-bond acceptors (Lipinski definition) is 6. The van der Waals surface area contributed by atoms with E-state index in [4.69, 9.17) is 9.47 Å². The number of fused-ring (bicyclic) bond motifs is 1. The summed E-state index contributed by atoms with van der Waals surface area (Å²) in [6, 6.07) is 0. The highest BCUT2D eigenvalue weighted by atomic mass is 16.5. The predicted octanol–water partition coefficient (Wildman–Crippen LogP) is 0.623. The zero-order chi connectivity index (χ0) is 16.2. The van der Waals surface area contributed by atoms with Gasteiger partial charge in [-0.3, -0.25) is 4.79 Å². The van der Waals surface area contributed by atoms with Gasteiger partial charge in [0.1, 0.15) is 18.8 Å². The van der Waals surface area contributed by atoms with Gasteiger partial charge in [-0.05, 0) is 19.3 Å². The number of ether oxygens (including phenoxy) is 2. The third-order valence-electron chi connectivity index (χ3n) is 4.31. The molecular formula is C16H24N4O3. The van der Waals surface area contributed by atoms with Crippen molar-refractivity contribution in [1.82, 2.24) is 14.9 Å². The molecule has 3 heterocycles. The Kier molecular flexibility index (Phi) is 5.07. The lowest BCUT2D eigenvalue weighted by molar-refractivity contribution is -0.138. The lowest BCUT2D eigenvalue weighted by Crippen LogP contribution is -2.39. The Labute approximate surface area is 136 Å². The number of aromatic nitrogens is 2. The molecule has 0 bridgehead atoms. The standard InChI is InChI=1S/C16H24N4O3/c1-19(2)16-13-5-6-20(8-14(13)17-11-18-16)15(21)10-22-9-12-4-3-7-23-12/h11-12H,3-10H2,1-2H3/t12-/m1/s1. The second kappa shape index (κ2) is 7.23. The van der Waals surface area contributed by atoms with Crippen molar-refractivity contribution in [2.24, 2.45) is 0 Å². The minimum absolute atomic E-state index is 0.0127. The summed E-state index contributed by atoms with van der Waals surface area (Å²) in [4.78, 5) is 24.8. The molecule has 1 aromatic rings. The smallest absolute Gasteiger partial charge is 0.248 e. The third kappa shape index (κ3) is 3.79. The average Bonchev–Trinajstić information content (AvgIpc) is 3.06. The van der Waals surface area contributed by atoms with E-state index in [1.54, 1.807) is 6.33 Å². The Morgan fingerprint density at radius 1 is 1.48 bits per heavy atom. The van der Waals surface area contributed by atoms with E-state index in [9.17, 15) is 4.79 Å². The van der Waals surface area contributed by atoms with Gasteiger partial charge in [-0.25, -0.2) is 9.97 Å². The second-order valence-electron chi connectivity index (χ2n) is 6.23. The van der Waals surface area contributed by atoms with Crippen molar-refractivity contribution in [3.8, 4) is 0 Å². The third-order valence-corrected chi connectivity index (χ3v) is 4.31. The minimum Gasteiger partial charge on any atom is -0.376 e. The summed E-state index contributed by atoms with van der Waals surface area (Å²) in [5, 5.41) is 0. The van der Waals surface area contributed by atoms with Crippen LogP contribution in [0.4, 0.5) is 5.82 Å². The van der Waals surface area contributed by atoms with E-state index in [1.807, 2.05) is 23.9 Å². The van der Waals surface area contributed by atoms with Crippen molar-refractivity contribution in [2.45, 2.75) is 31.9 Å². The van der Waals surface area contributed by atoms with E-state index < -0.39 is 0 Å². The summed E-state index contributed by atoms with van der Waals surface area (Å²) in [7, 11) is 3.94. The fourth-order valence-corrected chi connectivity index (χ4v) is 3.08. The van der Waals surface area contributed by atoms with Crippen LogP contribution in [-0.2, 0) is 27.2 Å². The maximum atomic E-state index is 12.3. The van der Waals surface area contributed by atoms with E-state index in [2.05, 4.69) is 9.97 Å². The van der Waals surface area contributed by atoms with Crippen molar-refractivity contribution in [3.05, 3.63) is 17.6 Å². The fraction of sp³-hybridized carbons (Fsp3) is 0.688. The van der Waals surface area contributed by atoms with Gasteiger partial charge < -0.3 is 19.3 Å². The van der Waals surface area contributed by atoms with Crippen LogP contribution in [-0.4, -0.2) is 67.3 Å². The summed E-state index contributed by atoms with van der Waals surface area (Å²) in [5.74, 6) is 0.954. The van der Waals surface area contributed by atoms with E-state index in [1.165, 1.54) is 0 Å². The molecule has 2 aliphatic rings. The average molecular weight is 320 g/mol. The molecule has 1 amide bonds. The summed E-state index contributed by atoms with van der Waals surface area (Å²) in [5.41, 5.74) is 2.07. The highest BCUT2D eigenvalue weighted by Gasteiger charge is 2.25. The maximum Gasteiger partial charge on any atom is 0.248 e. The lowest BCUT2D eigenvalue weighted by Gasteiger charge is -2.30. The zero-order valence-electron chi connectivity index (χ0n) is 13.8. The molecule has 0 N–H and O–H groups in total. The summed E-state index contributed by atoms with van der Waals surface area (Å²) < 4.78 is 11.0. The first kappa shape index (κ1) is 16.1. The molecule has 3 rings (SSSR count). The highest BCUT2D eigenvalue weighted by molar-refractivity contribution is 5.77. The van der Waals surface area contributed by atoms with Crippen molar-refractivity contribution >= 4 is 11.7 Å². The van der Waals surface area contributed by atoms with E-state index in [-0.39, 0.29) is 18.6 Å². The summed E-state index contributed by atoms with van der Waals surface area (Å²) >= 11 is 0. The monoisotopic (exact) mass is 320 g/mol. The lowest BCUT2D eigenvalue weighted by atomic mass is 10.1. The van der Waals surface area contributed by atoms with Crippen LogP contribution in [0.3, 0.4) is 0 Å². The molecule has 7 nitrogen and oxygen atoms in total. The minimum atomic E-state index is 0.0127. The molecule has 1 saturated heterocycles. The molecule has 126 valence electrons. The van der Waals surface area contributed by atoms with Crippen molar-refractivity contribution in [2.75, 3.05) is 45.4 Å². The summed E-state index contributed by atoms with van der Waals surface area (Å²) in [6.45, 7) is 2.63. The van der Waals surface area contributed by atoms with E-state index in [0.29, 0.717) is 19.7 Å². The summed E-state index contributed by atoms with van der Waals surface area (Å²) in [6.07, 6.45) is 4.60. The van der Waals surface area contributed by atoms with Gasteiger partial charge >= 0.3 is 0 Å². The quantitative estimate of drug-likeness (QED) is 0.792. The van der Waals surface area contributed by atoms with Crippen LogP contribution in [0.15, 0.2) is 6.33 Å². The van der Waals surface area contributed by atoms with Crippen molar-refractivity contribution < 1.29 is 14.3 Å². The van der Waals surface area contributed by atoms with Crippen molar-refractivity contribution in [3.63, 3.8) is 0 Å². The Morgan fingerprint density at radius 2 is 2.35 bits per heavy atom. The number of anilines is 1. The molecular weight excluding hydrogens is 296 g/mol. The normalized spacial score (nSPS) is 20.4. The van der Waals surface area contributed by atoms with Crippen LogP contribution in [0, 0.1) is 0 Å². The van der Waals surface area contributed by atoms with Gasteiger partial charge in [-0.15, -0.1) is 0 Å². The van der Waals surface area contributed by atoms with Crippen LogP contribution >= 0.6 is 0 Å². The Hall–Kier alpha value is -1.73. The Balaban J connectivity index is 1.54. The van der Waals surface area contributed by atoms with Crippen LogP contribution in [0.5, 0.6) is 0 Å². The topological polar surface area (TPSA) is 67.8 Å². The first-order chi connectivity index (χ1) is 11.1. The van der Waals surface area contributed by atoms with Crippen LogP contribution in [0.2, 0.25) is 0 Å². The molecule has 0 aromatic carbocycles. The Bertz CT molecular complexity index is 558. The molecule has 0 radical (unpaired) electrons. The molecule has 1 aromatic heterocycles. The van der Waals surface area contributed by atoms with E-state index >= 15 is 0 Å². The number of rotatable bonds is 5. The van der Waals surface area contributed by atoms with Crippen molar-refractivity contribution in [1.29, 1.82) is 0 Å². The first-order valence-electron chi connectivity index (χ1n) is 8.12. The molecule has 0 spiro atoms. The maximum absolute atomic E-state index is 12.3. The largest absolute Gasteiger partial charge is 0.376 e. The number of carbonyl (C=O) groups excluding carboxylic acids is 1. The first-order valence-corrected chi connectivity index (χ1v) is 8.12. The predicted molar refractivity (Wildman–Crippen MR) is 85.3 cm³/mol. The molecule has 2 aliphatic heterocycles. The number of nitrogens with zero attached hydrogens (tertiary/aromatic N) is 4. The van der Waals surface area contributed by atoms with Gasteiger partial charge in [0.05, 0.1) is 24.9 Å². The fourth-order valence-electron chi connectivity index (χ4n) is 3.08. The second-order valence-corrected chi connectivity index (χ2v) is 6.23. The molecule has 0 aliphatic carbocycles. The molecule has 1 atom stereocenters. The van der Waals surface area contributed by atoms with Crippen LogP contribution in [0.25, 0.3) is 0 Å².